The lowest BCUT2D eigenvalue weighted by molar-refractivity contribution is 0.386. The zero-order chi connectivity index (χ0) is 16.9. The van der Waals surface area contributed by atoms with Crippen molar-refractivity contribution in [3.05, 3.63) is 48.0 Å². The number of nitrogens with zero attached hydrogens (tertiary/aromatic N) is 1. The molecule has 0 aliphatic rings. The molecule has 0 saturated carbocycles. The summed E-state index contributed by atoms with van der Waals surface area (Å²) in [6.07, 6.45) is 1.21. The highest BCUT2D eigenvalue weighted by atomic mass is 32.2. The van der Waals surface area contributed by atoms with Gasteiger partial charge in [0.1, 0.15) is 22.1 Å². The summed E-state index contributed by atoms with van der Waals surface area (Å²) in [6, 6.07) is 10.7. The monoisotopic (exact) mass is 336 g/mol. The van der Waals surface area contributed by atoms with E-state index in [9.17, 15) is 13.5 Å². The first-order chi connectivity index (χ1) is 11.0. The summed E-state index contributed by atoms with van der Waals surface area (Å²) >= 11 is 0. The van der Waals surface area contributed by atoms with Crippen LogP contribution < -0.4 is 14.3 Å². The zero-order valence-electron chi connectivity index (χ0n) is 12.6. The van der Waals surface area contributed by atoms with Crippen LogP contribution in [0.15, 0.2) is 52.5 Å². The highest BCUT2D eigenvalue weighted by Gasteiger charge is 2.19. The Morgan fingerprint density at radius 2 is 1.87 bits per heavy atom. The van der Waals surface area contributed by atoms with Crippen LogP contribution in [0.1, 0.15) is 5.56 Å². The highest BCUT2D eigenvalue weighted by molar-refractivity contribution is 7.89. The van der Waals surface area contributed by atoms with Crippen LogP contribution in [0.5, 0.6) is 17.2 Å². The van der Waals surface area contributed by atoms with Gasteiger partial charge in [-0.3, -0.25) is 0 Å². The van der Waals surface area contributed by atoms with Crippen molar-refractivity contribution in [3.8, 4) is 17.2 Å². The smallest absolute Gasteiger partial charge is 0.280 e. The van der Waals surface area contributed by atoms with Gasteiger partial charge >= 0.3 is 0 Å². The lowest BCUT2D eigenvalue weighted by Crippen LogP contribution is -2.19. The summed E-state index contributed by atoms with van der Waals surface area (Å²) in [6.45, 7) is 0. The molecule has 0 radical (unpaired) electrons. The number of hydrogen-bond donors (Lipinski definition) is 2. The second-order valence-electron chi connectivity index (χ2n) is 4.43. The maximum atomic E-state index is 12.3. The molecular formula is C15H16N2O5S. The molecule has 0 atom stereocenters. The summed E-state index contributed by atoms with van der Waals surface area (Å²) in [5.41, 5.74) is 0.386. The molecule has 2 rings (SSSR count). The first-order valence-electron chi connectivity index (χ1n) is 6.53. The molecule has 2 N–H and O–H groups in total. The van der Waals surface area contributed by atoms with Crippen LogP contribution in [-0.2, 0) is 10.0 Å². The third-order valence-electron chi connectivity index (χ3n) is 2.97. The van der Waals surface area contributed by atoms with Gasteiger partial charge in [-0.1, -0.05) is 12.1 Å². The molecule has 2 aromatic carbocycles. The van der Waals surface area contributed by atoms with Crippen molar-refractivity contribution in [1.29, 1.82) is 0 Å². The zero-order valence-corrected chi connectivity index (χ0v) is 13.4. The van der Waals surface area contributed by atoms with Crippen LogP contribution >= 0.6 is 0 Å². The van der Waals surface area contributed by atoms with Gasteiger partial charge in [-0.25, -0.2) is 0 Å². The Bertz CT molecular complexity index is 818. The molecule has 2 aromatic rings. The molecule has 7 nitrogen and oxygen atoms in total. The number of hydrazone groups is 1. The Balaban J connectivity index is 2.24. The van der Waals surface area contributed by atoms with Crippen molar-refractivity contribution in [2.75, 3.05) is 14.2 Å². The second kappa shape index (κ2) is 7.01. The van der Waals surface area contributed by atoms with E-state index in [1.165, 1.54) is 44.7 Å². The van der Waals surface area contributed by atoms with Crippen molar-refractivity contribution >= 4 is 16.2 Å². The van der Waals surface area contributed by atoms with E-state index < -0.39 is 10.0 Å². The molecule has 23 heavy (non-hydrogen) atoms. The van der Waals surface area contributed by atoms with Gasteiger partial charge < -0.3 is 14.6 Å². The van der Waals surface area contributed by atoms with Gasteiger partial charge in [0.2, 0.25) is 0 Å². The second-order valence-corrected chi connectivity index (χ2v) is 6.06. The summed E-state index contributed by atoms with van der Waals surface area (Å²) in [4.78, 5) is 2.00. The Hall–Kier alpha value is -2.74. The average molecular weight is 336 g/mol. The quantitative estimate of drug-likeness (QED) is 0.618. The Morgan fingerprint density at radius 3 is 2.52 bits per heavy atom. The fraction of sp³-hybridized carbons (Fsp3) is 0.133. The summed E-state index contributed by atoms with van der Waals surface area (Å²) in [5, 5.41) is 13.3. The largest absolute Gasteiger partial charge is 0.507 e. The average Bonchev–Trinajstić information content (AvgIpc) is 2.55. The molecular weight excluding hydrogens is 320 g/mol. The summed E-state index contributed by atoms with van der Waals surface area (Å²) in [7, 11) is -1.09. The van der Waals surface area contributed by atoms with Crippen molar-refractivity contribution in [1.82, 2.24) is 4.83 Å². The number of benzene rings is 2. The molecule has 0 spiro atoms. The number of methoxy groups -OCH3 is 2. The third kappa shape index (κ3) is 3.92. The van der Waals surface area contributed by atoms with Crippen LogP contribution in [0.25, 0.3) is 0 Å². The molecule has 0 aromatic heterocycles. The van der Waals surface area contributed by atoms with Gasteiger partial charge in [0.25, 0.3) is 10.0 Å². The number of ether oxygens (including phenoxy) is 2. The van der Waals surface area contributed by atoms with E-state index in [0.29, 0.717) is 11.3 Å². The number of sulfonamides is 1. The minimum absolute atomic E-state index is 0.00234. The Morgan fingerprint density at radius 1 is 1.13 bits per heavy atom. The number of phenolic OH excluding ortho intramolecular Hbond substituents is 1. The Labute approximate surface area is 134 Å². The SMILES string of the molecule is COc1ccc(S(=O)(=O)NN=Cc2ccccc2O)c(OC)c1. The van der Waals surface area contributed by atoms with Crippen molar-refractivity contribution in [2.45, 2.75) is 4.90 Å². The Kier molecular flexibility index (Phi) is 5.07. The highest BCUT2D eigenvalue weighted by Crippen LogP contribution is 2.28. The van der Waals surface area contributed by atoms with E-state index in [4.69, 9.17) is 9.47 Å². The molecule has 0 fully saturated rings. The van der Waals surface area contributed by atoms with Gasteiger partial charge in [0.15, 0.2) is 0 Å². The van der Waals surface area contributed by atoms with Crippen LogP contribution in [0.4, 0.5) is 0 Å². The molecule has 0 unspecified atom stereocenters. The number of rotatable bonds is 6. The van der Waals surface area contributed by atoms with E-state index >= 15 is 0 Å². The fourth-order valence-electron chi connectivity index (χ4n) is 1.81. The lowest BCUT2D eigenvalue weighted by atomic mass is 10.2. The minimum Gasteiger partial charge on any atom is -0.507 e. The van der Waals surface area contributed by atoms with E-state index in [2.05, 4.69) is 9.93 Å². The molecule has 0 bridgehead atoms. The molecule has 0 saturated heterocycles. The first-order valence-corrected chi connectivity index (χ1v) is 8.01. The normalized spacial score (nSPS) is 11.4. The van der Waals surface area contributed by atoms with Crippen molar-refractivity contribution < 1.29 is 23.0 Å². The van der Waals surface area contributed by atoms with Crippen LogP contribution in [0, 0.1) is 0 Å². The molecule has 122 valence electrons. The van der Waals surface area contributed by atoms with Crippen LogP contribution in [0.3, 0.4) is 0 Å². The molecule has 8 heteroatoms. The minimum atomic E-state index is -3.92. The number of para-hydroxylation sites is 1. The van der Waals surface area contributed by atoms with E-state index in [1.807, 2.05) is 0 Å². The summed E-state index contributed by atoms with van der Waals surface area (Å²) in [5.74, 6) is 0.602. The van der Waals surface area contributed by atoms with Gasteiger partial charge in [0, 0.05) is 11.6 Å². The van der Waals surface area contributed by atoms with Gasteiger partial charge in [-0.15, -0.1) is 0 Å². The number of phenols is 1. The first kappa shape index (κ1) is 16.6. The maximum Gasteiger partial charge on any atom is 0.280 e. The molecule has 0 heterocycles. The number of hydrogen-bond acceptors (Lipinski definition) is 6. The van der Waals surface area contributed by atoms with Gasteiger partial charge in [-0.05, 0) is 24.3 Å². The number of nitrogens with one attached hydrogen (secondary N) is 1. The summed E-state index contributed by atoms with van der Waals surface area (Å²) < 4.78 is 34.6. The molecule has 0 aliphatic carbocycles. The molecule has 0 aliphatic heterocycles. The topological polar surface area (TPSA) is 97.2 Å². The number of aromatic hydroxyl groups is 1. The standard InChI is InChI=1S/C15H16N2O5S/c1-21-12-7-8-15(14(9-12)22-2)23(19,20)17-16-10-11-5-3-4-6-13(11)18/h3-10,17-18H,1-2H3. The van der Waals surface area contributed by atoms with Crippen LogP contribution in [0.2, 0.25) is 0 Å². The third-order valence-corrected chi connectivity index (χ3v) is 4.24. The van der Waals surface area contributed by atoms with Crippen molar-refractivity contribution in [2.24, 2.45) is 5.10 Å². The predicted octanol–water partition coefficient (Wildman–Crippen LogP) is 1.72. The molecule has 0 amide bonds. The predicted molar refractivity (Wildman–Crippen MR) is 85.6 cm³/mol. The van der Waals surface area contributed by atoms with Gasteiger partial charge in [0.05, 0.1) is 20.4 Å². The maximum absolute atomic E-state index is 12.3. The fourth-order valence-corrected chi connectivity index (χ4v) is 2.75. The van der Waals surface area contributed by atoms with Crippen molar-refractivity contribution in [3.63, 3.8) is 0 Å². The lowest BCUT2D eigenvalue weighted by Gasteiger charge is -2.10. The van der Waals surface area contributed by atoms with E-state index in [-0.39, 0.29) is 16.4 Å². The van der Waals surface area contributed by atoms with E-state index in [1.54, 1.807) is 18.2 Å². The van der Waals surface area contributed by atoms with E-state index in [0.717, 1.165) is 0 Å². The van der Waals surface area contributed by atoms with Crippen LogP contribution in [-0.4, -0.2) is 34.0 Å². The van der Waals surface area contributed by atoms with Gasteiger partial charge in [-0.2, -0.15) is 18.4 Å².